The predicted molar refractivity (Wildman–Crippen MR) is 80.5 cm³/mol. The minimum atomic E-state index is -0.337. The molecule has 0 aromatic heterocycles. The number of amides is 1. The van der Waals surface area contributed by atoms with E-state index in [2.05, 4.69) is 4.74 Å². The number of ether oxygens (including phenoxy) is 2. The van der Waals surface area contributed by atoms with Crippen LogP contribution in [-0.2, 0) is 14.3 Å². The van der Waals surface area contributed by atoms with Crippen molar-refractivity contribution in [3.8, 4) is 0 Å². The Bertz CT molecular complexity index is 461. The van der Waals surface area contributed by atoms with Gasteiger partial charge in [-0.15, -0.1) is 0 Å². The van der Waals surface area contributed by atoms with Gasteiger partial charge in [-0.2, -0.15) is 0 Å². The molecule has 5 nitrogen and oxygen atoms in total. The first-order chi connectivity index (χ1) is 10.1. The lowest BCUT2D eigenvalue weighted by Gasteiger charge is -2.22. The van der Waals surface area contributed by atoms with Crippen molar-refractivity contribution in [3.05, 3.63) is 34.9 Å². The third kappa shape index (κ3) is 6.14. The molecular formula is C15H20ClNO4. The number of carbonyl (C=O) groups excluding carboxylic acids is 2. The van der Waals surface area contributed by atoms with Crippen molar-refractivity contribution < 1.29 is 19.1 Å². The third-order valence-electron chi connectivity index (χ3n) is 2.97. The summed E-state index contributed by atoms with van der Waals surface area (Å²) >= 11 is 5.82. The lowest BCUT2D eigenvalue weighted by atomic mass is 10.2. The first-order valence-corrected chi connectivity index (χ1v) is 7.07. The second-order valence-corrected chi connectivity index (χ2v) is 4.91. The molecule has 0 unspecified atom stereocenters. The van der Waals surface area contributed by atoms with Crippen LogP contribution in [0.1, 0.15) is 23.2 Å². The molecule has 1 aromatic carbocycles. The summed E-state index contributed by atoms with van der Waals surface area (Å²) in [6, 6.07) is 6.68. The Morgan fingerprint density at radius 3 is 2.38 bits per heavy atom. The molecule has 1 rings (SSSR count). The van der Waals surface area contributed by atoms with Crippen LogP contribution in [0.4, 0.5) is 0 Å². The maximum Gasteiger partial charge on any atom is 0.307 e. The Balaban J connectivity index is 2.70. The highest BCUT2D eigenvalue weighted by Crippen LogP contribution is 2.12. The maximum atomic E-state index is 12.4. The van der Waals surface area contributed by atoms with E-state index in [-0.39, 0.29) is 18.3 Å². The van der Waals surface area contributed by atoms with Gasteiger partial charge in [0.25, 0.3) is 5.91 Å². The molecule has 0 aliphatic rings. The Morgan fingerprint density at radius 2 is 1.81 bits per heavy atom. The zero-order chi connectivity index (χ0) is 15.7. The molecule has 0 radical (unpaired) electrons. The highest BCUT2D eigenvalue weighted by Gasteiger charge is 2.16. The molecule has 21 heavy (non-hydrogen) atoms. The first kappa shape index (κ1) is 17.5. The van der Waals surface area contributed by atoms with E-state index >= 15 is 0 Å². The van der Waals surface area contributed by atoms with Crippen LogP contribution >= 0.6 is 11.6 Å². The number of carbonyl (C=O) groups is 2. The molecule has 0 N–H and O–H groups in total. The Labute approximate surface area is 129 Å². The molecule has 0 saturated heterocycles. The molecule has 0 saturated carbocycles. The van der Waals surface area contributed by atoms with Gasteiger partial charge < -0.3 is 14.4 Å². The Hall–Kier alpha value is -1.59. The zero-order valence-corrected chi connectivity index (χ0v) is 13.1. The zero-order valence-electron chi connectivity index (χ0n) is 12.3. The fourth-order valence-corrected chi connectivity index (χ4v) is 1.94. The minimum absolute atomic E-state index is 0.133. The molecule has 1 amide bonds. The summed E-state index contributed by atoms with van der Waals surface area (Å²) in [6.45, 7) is 1.40. The molecule has 0 heterocycles. The average Bonchev–Trinajstić information content (AvgIpc) is 2.50. The van der Waals surface area contributed by atoms with Crippen molar-refractivity contribution in [1.82, 2.24) is 4.90 Å². The lowest BCUT2D eigenvalue weighted by Crippen LogP contribution is -2.34. The summed E-state index contributed by atoms with van der Waals surface area (Å²) in [5, 5.41) is 0.576. The van der Waals surface area contributed by atoms with Gasteiger partial charge in [-0.05, 0) is 30.7 Å². The normalized spacial score (nSPS) is 10.2. The van der Waals surface area contributed by atoms with Crippen LogP contribution in [-0.4, -0.2) is 50.7 Å². The average molecular weight is 314 g/mol. The van der Waals surface area contributed by atoms with Gasteiger partial charge in [0.1, 0.15) is 0 Å². The number of nitrogens with zero attached hydrogens (tertiary/aromatic N) is 1. The standard InChI is InChI=1S/C15H20ClNO4/c1-20-11-3-9-17(10-8-14(18)21-2)15(19)12-4-6-13(16)7-5-12/h4-7H,3,8-11H2,1-2H3. The summed E-state index contributed by atoms with van der Waals surface area (Å²) < 4.78 is 9.60. The number of esters is 1. The van der Waals surface area contributed by atoms with E-state index in [1.54, 1.807) is 36.3 Å². The molecule has 116 valence electrons. The fourth-order valence-electron chi connectivity index (χ4n) is 1.82. The third-order valence-corrected chi connectivity index (χ3v) is 3.22. The number of hydrogen-bond donors (Lipinski definition) is 0. The molecule has 0 spiro atoms. The van der Waals surface area contributed by atoms with E-state index in [9.17, 15) is 9.59 Å². The Kier molecular flexibility index (Phi) is 7.79. The number of methoxy groups -OCH3 is 2. The van der Waals surface area contributed by atoms with E-state index in [4.69, 9.17) is 16.3 Å². The van der Waals surface area contributed by atoms with Gasteiger partial charge in [0.2, 0.25) is 0 Å². The molecule has 6 heteroatoms. The van der Waals surface area contributed by atoms with Crippen molar-refractivity contribution in [2.24, 2.45) is 0 Å². The monoisotopic (exact) mass is 313 g/mol. The van der Waals surface area contributed by atoms with Crippen molar-refractivity contribution in [2.45, 2.75) is 12.8 Å². The van der Waals surface area contributed by atoms with Crippen LogP contribution in [0.2, 0.25) is 5.02 Å². The van der Waals surface area contributed by atoms with Crippen LogP contribution < -0.4 is 0 Å². The van der Waals surface area contributed by atoms with E-state index in [1.807, 2.05) is 0 Å². The lowest BCUT2D eigenvalue weighted by molar-refractivity contribution is -0.140. The summed E-state index contributed by atoms with van der Waals surface area (Å²) in [5.74, 6) is -0.470. The van der Waals surface area contributed by atoms with E-state index < -0.39 is 0 Å². The van der Waals surface area contributed by atoms with Crippen molar-refractivity contribution >= 4 is 23.5 Å². The van der Waals surface area contributed by atoms with Gasteiger partial charge in [-0.3, -0.25) is 9.59 Å². The van der Waals surface area contributed by atoms with Crippen molar-refractivity contribution in [1.29, 1.82) is 0 Å². The summed E-state index contributed by atoms with van der Waals surface area (Å²) in [5.41, 5.74) is 0.543. The summed E-state index contributed by atoms with van der Waals surface area (Å²) in [4.78, 5) is 25.3. The van der Waals surface area contributed by atoms with Crippen LogP contribution in [0.25, 0.3) is 0 Å². The highest BCUT2D eigenvalue weighted by atomic mass is 35.5. The second kappa shape index (κ2) is 9.37. The van der Waals surface area contributed by atoms with E-state index in [0.29, 0.717) is 36.7 Å². The maximum absolute atomic E-state index is 12.4. The van der Waals surface area contributed by atoms with Crippen LogP contribution in [0.5, 0.6) is 0 Å². The smallest absolute Gasteiger partial charge is 0.307 e. The topological polar surface area (TPSA) is 55.8 Å². The van der Waals surface area contributed by atoms with Gasteiger partial charge in [0.05, 0.1) is 13.5 Å². The summed E-state index contributed by atoms with van der Waals surface area (Å²) in [7, 11) is 2.94. The van der Waals surface area contributed by atoms with E-state index in [1.165, 1.54) is 7.11 Å². The fraction of sp³-hybridized carbons (Fsp3) is 0.467. The van der Waals surface area contributed by atoms with Gasteiger partial charge in [-0.1, -0.05) is 11.6 Å². The number of rotatable bonds is 8. The molecule has 0 aliphatic heterocycles. The molecular weight excluding hydrogens is 294 g/mol. The quantitative estimate of drug-likeness (QED) is 0.546. The van der Waals surface area contributed by atoms with Gasteiger partial charge in [-0.25, -0.2) is 0 Å². The SMILES string of the molecule is COCCCN(CCC(=O)OC)C(=O)c1ccc(Cl)cc1. The Morgan fingerprint density at radius 1 is 1.14 bits per heavy atom. The first-order valence-electron chi connectivity index (χ1n) is 6.69. The van der Waals surface area contributed by atoms with Crippen LogP contribution in [0, 0.1) is 0 Å². The minimum Gasteiger partial charge on any atom is -0.469 e. The molecule has 0 aliphatic carbocycles. The summed E-state index contributed by atoms with van der Waals surface area (Å²) in [6.07, 6.45) is 0.875. The number of hydrogen-bond acceptors (Lipinski definition) is 4. The highest BCUT2D eigenvalue weighted by molar-refractivity contribution is 6.30. The second-order valence-electron chi connectivity index (χ2n) is 4.47. The van der Waals surface area contributed by atoms with Crippen molar-refractivity contribution in [3.63, 3.8) is 0 Å². The van der Waals surface area contributed by atoms with Crippen molar-refractivity contribution in [2.75, 3.05) is 33.9 Å². The molecule has 1 aromatic rings. The van der Waals surface area contributed by atoms with Gasteiger partial charge in [0.15, 0.2) is 0 Å². The largest absolute Gasteiger partial charge is 0.469 e. The number of halogens is 1. The molecule has 0 atom stereocenters. The number of benzene rings is 1. The molecule has 0 bridgehead atoms. The van der Waals surface area contributed by atoms with Crippen LogP contribution in [0.15, 0.2) is 24.3 Å². The predicted octanol–water partition coefficient (Wildman–Crippen LogP) is 2.38. The van der Waals surface area contributed by atoms with Crippen LogP contribution in [0.3, 0.4) is 0 Å². The van der Waals surface area contributed by atoms with Gasteiger partial charge in [0, 0.05) is 37.4 Å². The molecule has 0 fully saturated rings. The van der Waals surface area contributed by atoms with Gasteiger partial charge >= 0.3 is 5.97 Å². The van der Waals surface area contributed by atoms with E-state index in [0.717, 1.165) is 0 Å².